The van der Waals surface area contributed by atoms with Crippen molar-refractivity contribution < 1.29 is 9.53 Å². The average Bonchev–Trinajstić information content (AvgIpc) is 2.74. The summed E-state index contributed by atoms with van der Waals surface area (Å²) in [5.74, 6) is 0.394. The highest BCUT2D eigenvalue weighted by atomic mass is 16.5. The molecule has 2 N–H and O–H groups in total. The molecule has 29 heavy (non-hydrogen) atoms. The van der Waals surface area contributed by atoms with E-state index >= 15 is 0 Å². The lowest BCUT2D eigenvalue weighted by Crippen LogP contribution is -2.16. The van der Waals surface area contributed by atoms with Crippen LogP contribution in [0, 0.1) is 6.92 Å². The number of carbonyl (C=O) groups excluding carboxylic acids is 1. The minimum atomic E-state index is -0.311. The molecule has 0 saturated carbocycles. The minimum Gasteiger partial charge on any atom is -0.497 e. The number of methoxy groups -OCH3 is 1. The van der Waals surface area contributed by atoms with Crippen molar-refractivity contribution in [2.24, 2.45) is 0 Å². The number of aromatic nitrogens is 2. The number of anilines is 1. The number of para-hydroxylation sites is 3. The van der Waals surface area contributed by atoms with Crippen LogP contribution in [0.2, 0.25) is 0 Å². The maximum absolute atomic E-state index is 12.8. The summed E-state index contributed by atoms with van der Waals surface area (Å²) in [5, 5.41) is 2.93. The van der Waals surface area contributed by atoms with Crippen molar-refractivity contribution in [3.05, 3.63) is 88.2 Å². The van der Waals surface area contributed by atoms with E-state index in [0.717, 1.165) is 5.56 Å². The van der Waals surface area contributed by atoms with Gasteiger partial charge in [0.2, 0.25) is 0 Å². The Morgan fingerprint density at radius 1 is 1.00 bits per heavy atom. The second kappa shape index (κ2) is 7.59. The monoisotopic (exact) mass is 385 g/mol. The number of aromatic amines is 1. The average molecular weight is 385 g/mol. The van der Waals surface area contributed by atoms with E-state index in [4.69, 9.17) is 4.74 Å². The molecule has 0 radical (unpaired) electrons. The number of nitrogens with one attached hydrogen (secondary N) is 2. The quantitative estimate of drug-likeness (QED) is 0.552. The molecule has 0 atom stereocenters. The Kier molecular flexibility index (Phi) is 4.83. The molecule has 6 nitrogen and oxygen atoms in total. The predicted octanol–water partition coefficient (Wildman–Crippen LogP) is 4.16. The number of fused-ring (bicyclic) bond motifs is 1. The lowest BCUT2D eigenvalue weighted by molar-refractivity contribution is 0.102. The third kappa shape index (κ3) is 3.60. The summed E-state index contributed by atoms with van der Waals surface area (Å²) in [5.41, 5.74) is 3.74. The van der Waals surface area contributed by atoms with Crippen molar-refractivity contribution >= 4 is 22.6 Å². The van der Waals surface area contributed by atoms with Crippen LogP contribution in [0.1, 0.15) is 15.9 Å². The van der Waals surface area contributed by atoms with Crippen molar-refractivity contribution in [1.29, 1.82) is 0 Å². The Morgan fingerprint density at radius 2 is 1.76 bits per heavy atom. The van der Waals surface area contributed by atoms with Crippen LogP contribution in [0.4, 0.5) is 5.69 Å². The number of hydrogen-bond donors (Lipinski definition) is 2. The number of rotatable bonds is 4. The highest BCUT2D eigenvalue weighted by Gasteiger charge is 2.16. The van der Waals surface area contributed by atoms with Gasteiger partial charge in [-0.25, -0.2) is 4.98 Å². The van der Waals surface area contributed by atoms with Crippen LogP contribution < -0.4 is 15.6 Å². The molecule has 1 aromatic heterocycles. The summed E-state index contributed by atoms with van der Waals surface area (Å²) in [4.78, 5) is 32.9. The summed E-state index contributed by atoms with van der Waals surface area (Å²) in [6.45, 7) is 1.88. The molecule has 0 spiro atoms. The Hall–Kier alpha value is -3.93. The molecule has 0 aliphatic rings. The van der Waals surface area contributed by atoms with Crippen molar-refractivity contribution in [1.82, 2.24) is 9.97 Å². The SMILES string of the molecule is COc1ccc(C(=O)Nc2c(C)cccc2-c2nc3ccccc3[nH]c2=O)cc1. The Balaban J connectivity index is 1.77. The molecule has 0 aliphatic carbocycles. The van der Waals surface area contributed by atoms with Crippen molar-refractivity contribution in [2.45, 2.75) is 6.92 Å². The second-order valence-corrected chi connectivity index (χ2v) is 6.61. The standard InChI is InChI=1S/C23H19N3O3/c1-14-6-5-7-17(21-23(28)25-19-9-4-3-8-18(19)24-21)20(14)26-22(27)15-10-12-16(29-2)13-11-15/h3-13H,1-2H3,(H,25,28)(H,26,27). The number of aryl methyl sites for hydroxylation is 1. The zero-order valence-electron chi connectivity index (χ0n) is 16.0. The fourth-order valence-electron chi connectivity index (χ4n) is 3.17. The van der Waals surface area contributed by atoms with Gasteiger partial charge in [-0.05, 0) is 48.9 Å². The highest BCUT2D eigenvalue weighted by molar-refractivity contribution is 6.06. The molecule has 4 rings (SSSR count). The van der Waals surface area contributed by atoms with Crippen LogP contribution in [0.15, 0.2) is 71.5 Å². The lowest BCUT2D eigenvalue weighted by atomic mass is 10.0. The van der Waals surface area contributed by atoms with E-state index in [1.54, 1.807) is 43.5 Å². The first-order chi connectivity index (χ1) is 14.1. The Bertz CT molecular complexity index is 1260. The first kappa shape index (κ1) is 18.4. The van der Waals surface area contributed by atoms with Crippen molar-refractivity contribution in [2.75, 3.05) is 12.4 Å². The van der Waals surface area contributed by atoms with Crippen LogP contribution in [0.25, 0.3) is 22.3 Å². The number of amides is 1. The van der Waals surface area contributed by atoms with E-state index in [2.05, 4.69) is 15.3 Å². The molecule has 1 heterocycles. The second-order valence-electron chi connectivity index (χ2n) is 6.61. The molecule has 4 aromatic rings. The first-order valence-electron chi connectivity index (χ1n) is 9.11. The Labute approximate surface area is 167 Å². The summed E-state index contributed by atoms with van der Waals surface area (Å²) >= 11 is 0. The summed E-state index contributed by atoms with van der Waals surface area (Å²) in [6.07, 6.45) is 0. The van der Waals surface area contributed by atoms with Gasteiger partial charge in [-0.1, -0.05) is 30.3 Å². The lowest BCUT2D eigenvalue weighted by Gasteiger charge is -2.14. The minimum absolute atomic E-state index is 0.262. The maximum atomic E-state index is 12.8. The van der Waals surface area contributed by atoms with Gasteiger partial charge >= 0.3 is 0 Å². The third-order valence-electron chi connectivity index (χ3n) is 4.72. The summed E-state index contributed by atoms with van der Waals surface area (Å²) < 4.78 is 5.13. The van der Waals surface area contributed by atoms with E-state index in [-0.39, 0.29) is 17.2 Å². The number of hydrogen-bond acceptors (Lipinski definition) is 4. The largest absolute Gasteiger partial charge is 0.497 e. The normalized spacial score (nSPS) is 10.7. The van der Waals surface area contributed by atoms with E-state index in [1.807, 2.05) is 37.3 Å². The van der Waals surface area contributed by atoms with E-state index < -0.39 is 0 Å². The topological polar surface area (TPSA) is 84.1 Å². The van der Waals surface area contributed by atoms with E-state index in [9.17, 15) is 9.59 Å². The van der Waals surface area contributed by atoms with Gasteiger partial charge in [0.15, 0.2) is 0 Å². The van der Waals surface area contributed by atoms with Crippen LogP contribution in [0.3, 0.4) is 0 Å². The molecule has 144 valence electrons. The molecule has 3 aromatic carbocycles. The van der Waals surface area contributed by atoms with Crippen molar-refractivity contribution in [3.63, 3.8) is 0 Å². The van der Waals surface area contributed by atoms with Gasteiger partial charge in [-0.15, -0.1) is 0 Å². The van der Waals surface area contributed by atoms with Gasteiger partial charge in [-0.2, -0.15) is 0 Å². The molecular formula is C23H19N3O3. The van der Waals surface area contributed by atoms with Crippen molar-refractivity contribution in [3.8, 4) is 17.0 Å². The highest BCUT2D eigenvalue weighted by Crippen LogP contribution is 2.29. The van der Waals surface area contributed by atoms with Crippen LogP contribution in [-0.4, -0.2) is 23.0 Å². The third-order valence-corrected chi connectivity index (χ3v) is 4.72. The molecule has 0 fully saturated rings. The van der Waals surface area contributed by atoms with Gasteiger partial charge in [-0.3, -0.25) is 9.59 Å². The van der Waals surface area contributed by atoms with Crippen LogP contribution >= 0.6 is 0 Å². The molecule has 0 saturated heterocycles. The van der Waals surface area contributed by atoms with Crippen LogP contribution in [-0.2, 0) is 0 Å². The fourth-order valence-corrected chi connectivity index (χ4v) is 3.17. The molecule has 6 heteroatoms. The van der Waals surface area contributed by atoms with E-state index in [0.29, 0.717) is 33.6 Å². The maximum Gasteiger partial charge on any atom is 0.275 e. The smallest absolute Gasteiger partial charge is 0.275 e. The molecule has 0 unspecified atom stereocenters. The fraction of sp³-hybridized carbons (Fsp3) is 0.0870. The summed E-state index contributed by atoms with van der Waals surface area (Å²) in [6, 6.07) is 19.7. The molecular weight excluding hydrogens is 366 g/mol. The number of nitrogens with zero attached hydrogens (tertiary/aromatic N) is 1. The number of benzene rings is 3. The molecule has 1 amide bonds. The van der Waals surface area contributed by atoms with Gasteiger partial charge in [0.25, 0.3) is 11.5 Å². The zero-order valence-corrected chi connectivity index (χ0v) is 16.0. The summed E-state index contributed by atoms with van der Waals surface area (Å²) in [7, 11) is 1.57. The number of carbonyl (C=O) groups is 1. The molecule has 0 bridgehead atoms. The van der Waals surface area contributed by atoms with E-state index in [1.165, 1.54) is 0 Å². The number of H-pyrrole nitrogens is 1. The van der Waals surface area contributed by atoms with Gasteiger partial charge in [0, 0.05) is 11.1 Å². The van der Waals surface area contributed by atoms with Crippen LogP contribution in [0.5, 0.6) is 5.75 Å². The van der Waals surface area contributed by atoms with Gasteiger partial charge < -0.3 is 15.0 Å². The first-order valence-corrected chi connectivity index (χ1v) is 9.11. The number of ether oxygens (including phenoxy) is 1. The van der Waals surface area contributed by atoms with Gasteiger partial charge in [0.05, 0.1) is 23.8 Å². The van der Waals surface area contributed by atoms with Gasteiger partial charge in [0.1, 0.15) is 11.4 Å². The molecule has 0 aliphatic heterocycles. The Morgan fingerprint density at radius 3 is 2.52 bits per heavy atom. The predicted molar refractivity (Wildman–Crippen MR) is 113 cm³/mol. The zero-order chi connectivity index (χ0) is 20.4.